The molecule has 0 aromatic carbocycles. The van der Waals surface area contributed by atoms with Crippen molar-refractivity contribution in [3.05, 3.63) is 11.9 Å². The Morgan fingerprint density at radius 2 is 2.28 bits per heavy atom. The van der Waals surface area contributed by atoms with Crippen molar-refractivity contribution in [1.82, 2.24) is 25.2 Å². The van der Waals surface area contributed by atoms with Crippen molar-refractivity contribution < 1.29 is 0 Å². The fraction of sp³-hybridized carbons (Fsp3) is 0.846. The van der Waals surface area contributed by atoms with Crippen molar-refractivity contribution in [2.24, 2.45) is 7.05 Å². The van der Waals surface area contributed by atoms with Crippen LogP contribution >= 0.6 is 0 Å². The maximum Gasteiger partial charge on any atom is 0.0967 e. The molecule has 0 aliphatic carbocycles. The lowest BCUT2D eigenvalue weighted by atomic mass is 9.96. The first-order chi connectivity index (χ1) is 8.50. The van der Waals surface area contributed by atoms with Gasteiger partial charge in [-0.15, -0.1) is 5.10 Å². The number of aryl methyl sites for hydroxylation is 1. The van der Waals surface area contributed by atoms with Crippen LogP contribution in [0, 0.1) is 0 Å². The predicted molar refractivity (Wildman–Crippen MR) is 72.2 cm³/mol. The van der Waals surface area contributed by atoms with Crippen LogP contribution in [0.4, 0.5) is 0 Å². The predicted octanol–water partition coefficient (Wildman–Crippen LogP) is 1.17. The minimum atomic E-state index is 0.187. The Balaban J connectivity index is 2.05. The number of piperazine rings is 1. The van der Waals surface area contributed by atoms with E-state index in [0.29, 0.717) is 6.04 Å². The molecule has 2 rings (SSSR count). The molecule has 1 atom stereocenters. The molecule has 1 aliphatic rings. The van der Waals surface area contributed by atoms with Gasteiger partial charge in [0.05, 0.1) is 5.69 Å². The van der Waals surface area contributed by atoms with Crippen molar-refractivity contribution in [2.75, 3.05) is 13.1 Å². The van der Waals surface area contributed by atoms with Crippen LogP contribution in [-0.2, 0) is 13.6 Å². The number of nitrogens with one attached hydrogen (secondary N) is 1. The summed E-state index contributed by atoms with van der Waals surface area (Å²) in [6, 6.07) is 0.616. The summed E-state index contributed by atoms with van der Waals surface area (Å²) >= 11 is 0. The molecular weight excluding hydrogens is 226 g/mol. The van der Waals surface area contributed by atoms with Crippen LogP contribution in [0.25, 0.3) is 0 Å². The number of hydrogen-bond donors (Lipinski definition) is 1. The van der Waals surface area contributed by atoms with E-state index in [-0.39, 0.29) is 5.54 Å². The van der Waals surface area contributed by atoms with E-state index in [1.54, 1.807) is 4.68 Å². The Labute approximate surface area is 110 Å². The van der Waals surface area contributed by atoms with Gasteiger partial charge in [-0.1, -0.05) is 18.6 Å². The average Bonchev–Trinajstić information content (AvgIpc) is 2.68. The van der Waals surface area contributed by atoms with E-state index >= 15 is 0 Å². The van der Waals surface area contributed by atoms with Crippen LogP contribution in [-0.4, -0.2) is 44.6 Å². The van der Waals surface area contributed by atoms with Crippen LogP contribution in [0.2, 0.25) is 0 Å². The molecule has 18 heavy (non-hydrogen) atoms. The standard InChI is InChI=1S/C13H25N5/c1-5-6-12-7-14-13(2,3)10-18(12)9-11-8-17(4)16-15-11/h8,12,14H,5-7,9-10H2,1-4H3. The molecular formula is C13H25N5. The van der Waals surface area contributed by atoms with E-state index in [0.717, 1.165) is 25.3 Å². The number of nitrogens with zero attached hydrogens (tertiary/aromatic N) is 4. The van der Waals surface area contributed by atoms with Crippen molar-refractivity contribution in [1.29, 1.82) is 0 Å². The highest BCUT2D eigenvalue weighted by Gasteiger charge is 2.32. The highest BCUT2D eigenvalue weighted by atomic mass is 15.4. The second-order valence-corrected chi connectivity index (χ2v) is 6.00. The molecule has 1 saturated heterocycles. The van der Waals surface area contributed by atoms with Crippen molar-refractivity contribution in [2.45, 2.75) is 51.7 Å². The van der Waals surface area contributed by atoms with Crippen molar-refractivity contribution >= 4 is 0 Å². The molecule has 0 amide bonds. The third-order valence-electron chi connectivity index (χ3n) is 3.57. The summed E-state index contributed by atoms with van der Waals surface area (Å²) in [4.78, 5) is 2.55. The zero-order chi connectivity index (χ0) is 13.2. The Morgan fingerprint density at radius 3 is 2.89 bits per heavy atom. The van der Waals surface area contributed by atoms with Gasteiger partial charge in [0.1, 0.15) is 0 Å². The van der Waals surface area contributed by atoms with E-state index in [9.17, 15) is 0 Å². The molecule has 1 N–H and O–H groups in total. The summed E-state index contributed by atoms with van der Waals surface area (Å²) in [6.07, 6.45) is 4.48. The first-order valence-electron chi connectivity index (χ1n) is 6.84. The number of aromatic nitrogens is 3. The number of rotatable bonds is 4. The van der Waals surface area contributed by atoms with Gasteiger partial charge in [0.15, 0.2) is 0 Å². The molecule has 0 spiro atoms. The van der Waals surface area contributed by atoms with Gasteiger partial charge in [-0.05, 0) is 20.3 Å². The van der Waals surface area contributed by atoms with Crippen molar-refractivity contribution in [3.8, 4) is 0 Å². The molecule has 1 aliphatic heterocycles. The maximum atomic E-state index is 4.20. The molecule has 1 aromatic rings. The maximum absolute atomic E-state index is 4.20. The van der Waals surface area contributed by atoms with E-state index in [2.05, 4.69) is 41.3 Å². The monoisotopic (exact) mass is 251 g/mol. The Morgan fingerprint density at radius 1 is 1.50 bits per heavy atom. The second-order valence-electron chi connectivity index (χ2n) is 6.00. The van der Waals surface area contributed by atoms with Gasteiger partial charge in [0.25, 0.3) is 0 Å². The van der Waals surface area contributed by atoms with E-state index < -0.39 is 0 Å². The van der Waals surface area contributed by atoms with Gasteiger partial charge in [-0.2, -0.15) is 0 Å². The van der Waals surface area contributed by atoms with Crippen molar-refractivity contribution in [3.63, 3.8) is 0 Å². The second kappa shape index (κ2) is 5.36. The summed E-state index contributed by atoms with van der Waals surface area (Å²) in [5, 5.41) is 11.8. The summed E-state index contributed by atoms with van der Waals surface area (Å²) in [6.45, 7) is 9.82. The molecule has 102 valence electrons. The lowest BCUT2D eigenvalue weighted by Gasteiger charge is -2.44. The average molecular weight is 251 g/mol. The largest absolute Gasteiger partial charge is 0.309 e. The highest BCUT2D eigenvalue weighted by molar-refractivity contribution is 4.98. The van der Waals surface area contributed by atoms with Gasteiger partial charge in [-0.25, -0.2) is 0 Å². The summed E-state index contributed by atoms with van der Waals surface area (Å²) in [7, 11) is 1.92. The first kappa shape index (κ1) is 13.5. The van der Waals surface area contributed by atoms with E-state index in [1.165, 1.54) is 12.8 Å². The smallest absolute Gasteiger partial charge is 0.0967 e. The van der Waals surface area contributed by atoms with Crippen LogP contribution in [0.3, 0.4) is 0 Å². The van der Waals surface area contributed by atoms with Gasteiger partial charge >= 0.3 is 0 Å². The zero-order valence-corrected chi connectivity index (χ0v) is 12.0. The van der Waals surface area contributed by atoms with Gasteiger partial charge < -0.3 is 5.32 Å². The lowest BCUT2D eigenvalue weighted by molar-refractivity contribution is 0.0815. The molecule has 5 heteroatoms. The highest BCUT2D eigenvalue weighted by Crippen LogP contribution is 2.20. The molecule has 1 aromatic heterocycles. The van der Waals surface area contributed by atoms with Crippen LogP contribution < -0.4 is 5.32 Å². The molecule has 0 bridgehead atoms. The molecule has 1 fully saturated rings. The van der Waals surface area contributed by atoms with Crippen LogP contribution in [0.5, 0.6) is 0 Å². The van der Waals surface area contributed by atoms with Gasteiger partial charge in [0.2, 0.25) is 0 Å². The Kier molecular flexibility index (Phi) is 4.02. The molecule has 2 heterocycles. The fourth-order valence-corrected chi connectivity index (χ4v) is 2.69. The van der Waals surface area contributed by atoms with Gasteiger partial charge in [-0.3, -0.25) is 9.58 Å². The molecule has 0 radical (unpaired) electrons. The third-order valence-corrected chi connectivity index (χ3v) is 3.57. The van der Waals surface area contributed by atoms with Crippen LogP contribution in [0.15, 0.2) is 6.20 Å². The fourth-order valence-electron chi connectivity index (χ4n) is 2.69. The van der Waals surface area contributed by atoms with Gasteiger partial charge in [0, 0.05) is 44.5 Å². The number of hydrogen-bond acceptors (Lipinski definition) is 4. The van der Waals surface area contributed by atoms with E-state index in [1.807, 2.05) is 13.2 Å². The quantitative estimate of drug-likeness (QED) is 0.872. The SMILES string of the molecule is CCCC1CNC(C)(C)CN1Cc1cn(C)nn1. The minimum absolute atomic E-state index is 0.187. The Bertz CT molecular complexity index is 384. The zero-order valence-electron chi connectivity index (χ0n) is 12.0. The minimum Gasteiger partial charge on any atom is -0.309 e. The molecule has 5 nitrogen and oxygen atoms in total. The van der Waals surface area contributed by atoms with E-state index in [4.69, 9.17) is 0 Å². The summed E-state index contributed by atoms with van der Waals surface area (Å²) in [5.41, 5.74) is 1.25. The Hall–Kier alpha value is -0.940. The molecule has 1 unspecified atom stereocenters. The normalized spacial score (nSPS) is 24.3. The molecule has 0 saturated carbocycles. The topological polar surface area (TPSA) is 46.0 Å². The lowest BCUT2D eigenvalue weighted by Crippen LogP contribution is -2.61. The third kappa shape index (κ3) is 3.29. The first-order valence-corrected chi connectivity index (χ1v) is 6.84. The summed E-state index contributed by atoms with van der Waals surface area (Å²) in [5.74, 6) is 0. The van der Waals surface area contributed by atoms with Crippen LogP contribution in [0.1, 0.15) is 39.3 Å². The summed E-state index contributed by atoms with van der Waals surface area (Å²) < 4.78 is 1.78.